The van der Waals surface area contributed by atoms with E-state index in [0.717, 1.165) is 17.2 Å². The minimum Gasteiger partial charge on any atom is -0.352 e. The van der Waals surface area contributed by atoms with E-state index in [9.17, 15) is 9.59 Å². The van der Waals surface area contributed by atoms with Gasteiger partial charge in [0, 0.05) is 49.7 Å². The maximum Gasteiger partial charge on any atom is 0.321 e. The van der Waals surface area contributed by atoms with Crippen molar-refractivity contribution in [3.63, 3.8) is 0 Å². The molecule has 0 saturated carbocycles. The maximum atomic E-state index is 13.0. The zero-order chi connectivity index (χ0) is 22.0. The smallest absolute Gasteiger partial charge is 0.321 e. The standard InChI is InChI=1S/C24H25N5O3/c30-21(26-18-7-3-1-4-8-18)20-17-29-16-13-25-22(29)24(32-20)11-14-28(15-12-24)23(31)27-19-9-5-2-6-10-19/h1-10,13,16,20H,11-12,14-15,17H2,(H,26,30)(H,27,31)/t20-/m0/s1. The minimum atomic E-state index is -0.691. The van der Waals surface area contributed by atoms with E-state index in [1.54, 1.807) is 11.1 Å². The van der Waals surface area contributed by atoms with Crippen molar-refractivity contribution in [2.75, 3.05) is 23.7 Å². The van der Waals surface area contributed by atoms with Crippen LogP contribution in [0.25, 0.3) is 0 Å². The molecule has 2 N–H and O–H groups in total. The fourth-order valence-electron chi connectivity index (χ4n) is 4.41. The van der Waals surface area contributed by atoms with Crippen LogP contribution in [0, 0.1) is 0 Å². The van der Waals surface area contributed by atoms with Crippen molar-refractivity contribution in [3.8, 4) is 0 Å². The van der Waals surface area contributed by atoms with Crippen molar-refractivity contribution < 1.29 is 14.3 Å². The van der Waals surface area contributed by atoms with E-state index in [-0.39, 0.29) is 11.9 Å². The number of anilines is 2. The van der Waals surface area contributed by atoms with Gasteiger partial charge in [-0.3, -0.25) is 4.79 Å². The number of aromatic nitrogens is 2. The predicted molar refractivity (Wildman–Crippen MR) is 120 cm³/mol. The van der Waals surface area contributed by atoms with Crippen LogP contribution in [0.1, 0.15) is 18.7 Å². The number of nitrogens with one attached hydrogen (secondary N) is 2. The lowest BCUT2D eigenvalue weighted by Crippen LogP contribution is -2.54. The van der Waals surface area contributed by atoms with Crippen molar-refractivity contribution in [2.45, 2.75) is 31.1 Å². The number of urea groups is 1. The number of nitrogens with zero attached hydrogens (tertiary/aromatic N) is 3. The number of benzene rings is 2. The fraction of sp³-hybridized carbons (Fsp3) is 0.292. The number of carbonyl (C=O) groups is 2. The Hall–Kier alpha value is -3.65. The van der Waals surface area contributed by atoms with Crippen LogP contribution in [0.2, 0.25) is 0 Å². The number of piperidine rings is 1. The van der Waals surface area contributed by atoms with Crippen molar-refractivity contribution in [1.82, 2.24) is 14.5 Å². The van der Waals surface area contributed by atoms with Crippen LogP contribution in [-0.2, 0) is 21.7 Å². The molecule has 0 bridgehead atoms. The molecule has 8 heteroatoms. The molecule has 3 aromatic rings. The lowest BCUT2D eigenvalue weighted by Gasteiger charge is -2.45. The number of imidazole rings is 1. The molecule has 1 spiro atoms. The summed E-state index contributed by atoms with van der Waals surface area (Å²) in [6.07, 6.45) is 4.13. The Labute approximate surface area is 186 Å². The van der Waals surface area contributed by atoms with E-state index in [1.807, 2.05) is 71.4 Å². The number of amides is 3. The van der Waals surface area contributed by atoms with Gasteiger partial charge in [0.05, 0.1) is 6.54 Å². The third-order valence-corrected chi connectivity index (χ3v) is 6.07. The molecule has 0 aliphatic carbocycles. The quantitative estimate of drug-likeness (QED) is 0.665. The van der Waals surface area contributed by atoms with E-state index in [1.165, 1.54) is 0 Å². The van der Waals surface area contributed by atoms with Crippen molar-refractivity contribution in [2.24, 2.45) is 0 Å². The number of carbonyl (C=O) groups excluding carboxylic acids is 2. The molecular formula is C24H25N5O3. The molecule has 2 aromatic carbocycles. The van der Waals surface area contributed by atoms with Gasteiger partial charge in [0.15, 0.2) is 6.10 Å². The number of fused-ring (bicyclic) bond motifs is 2. The zero-order valence-electron chi connectivity index (χ0n) is 17.6. The minimum absolute atomic E-state index is 0.136. The van der Waals surface area contributed by atoms with Gasteiger partial charge in [-0.05, 0) is 24.3 Å². The van der Waals surface area contributed by atoms with Gasteiger partial charge in [-0.25, -0.2) is 9.78 Å². The van der Waals surface area contributed by atoms with Gasteiger partial charge in [0.25, 0.3) is 5.91 Å². The van der Waals surface area contributed by atoms with E-state index in [0.29, 0.717) is 32.5 Å². The molecule has 1 atom stereocenters. The highest BCUT2D eigenvalue weighted by Gasteiger charge is 2.47. The Morgan fingerprint density at radius 2 is 1.56 bits per heavy atom. The van der Waals surface area contributed by atoms with E-state index in [4.69, 9.17) is 4.74 Å². The first-order valence-corrected chi connectivity index (χ1v) is 10.8. The summed E-state index contributed by atoms with van der Waals surface area (Å²) in [5, 5.41) is 5.87. The number of hydrogen-bond acceptors (Lipinski definition) is 4. The van der Waals surface area contributed by atoms with E-state index < -0.39 is 11.7 Å². The molecule has 1 saturated heterocycles. The summed E-state index contributed by atoms with van der Waals surface area (Å²) in [7, 11) is 0. The molecule has 32 heavy (non-hydrogen) atoms. The number of ether oxygens (including phenoxy) is 1. The highest BCUT2D eigenvalue weighted by atomic mass is 16.5. The van der Waals surface area contributed by atoms with Gasteiger partial charge in [-0.1, -0.05) is 36.4 Å². The monoisotopic (exact) mass is 431 g/mol. The molecule has 0 radical (unpaired) electrons. The number of rotatable bonds is 3. The van der Waals surface area contributed by atoms with Gasteiger partial charge in [0.2, 0.25) is 0 Å². The summed E-state index contributed by atoms with van der Waals surface area (Å²) in [4.78, 5) is 32.0. The van der Waals surface area contributed by atoms with Crippen LogP contribution < -0.4 is 10.6 Å². The molecule has 2 aliphatic heterocycles. The third kappa shape index (κ3) is 3.97. The van der Waals surface area contributed by atoms with Crippen LogP contribution in [0.15, 0.2) is 73.1 Å². The molecule has 8 nitrogen and oxygen atoms in total. The lowest BCUT2D eigenvalue weighted by molar-refractivity contribution is -0.167. The van der Waals surface area contributed by atoms with Crippen LogP contribution >= 0.6 is 0 Å². The second kappa shape index (κ2) is 8.47. The Kier molecular flexibility index (Phi) is 5.36. The Balaban J connectivity index is 1.28. The number of hydrogen-bond donors (Lipinski definition) is 2. The Bertz CT molecular complexity index is 1090. The topological polar surface area (TPSA) is 88.5 Å². The first-order chi connectivity index (χ1) is 15.6. The first kappa shape index (κ1) is 20.3. The van der Waals surface area contributed by atoms with Crippen molar-refractivity contribution in [3.05, 3.63) is 78.9 Å². The van der Waals surface area contributed by atoms with Gasteiger partial charge in [-0.15, -0.1) is 0 Å². The number of para-hydroxylation sites is 2. The molecule has 3 amide bonds. The summed E-state index contributed by atoms with van der Waals surface area (Å²) in [6, 6.07) is 18.6. The van der Waals surface area contributed by atoms with Crippen LogP contribution in [0.5, 0.6) is 0 Å². The van der Waals surface area contributed by atoms with E-state index in [2.05, 4.69) is 15.6 Å². The Morgan fingerprint density at radius 1 is 0.938 bits per heavy atom. The summed E-state index contributed by atoms with van der Waals surface area (Å²) in [6.45, 7) is 1.44. The highest BCUT2D eigenvalue weighted by Crippen LogP contribution is 2.40. The second-order valence-electron chi connectivity index (χ2n) is 8.14. The van der Waals surface area contributed by atoms with Crippen molar-refractivity contribution >= 4 is 23.3 Å². The zero-order valence-corrected chi connectivity index (χ0v) is 17.6. The summed E-state index contributed by atoms with van der Waals surface area (Å²) in [5.41, 5.74) is 0.808. The molecule has 1 aromatic heterocycles. The van der Waals surface area contributed by atoms with Gasteiger partial charge < -0.3 is 24.8 Å². The van der Waals surface area contributed by atoms with E-state index >= 15 is 0 Å². The van der Waals surface area contributed by atoms with Crippen LogP contribution in [0.3, 0.4) is 0 Å². The molecule has 1 fully saturated rings. The fourth-order valence-corrected chi connectivity index (χ4v) is 4.41. The molecule has 3 heterocycles. The normalized spacial score (nSPS) is 19.2. The molecule has 2 aliphatic rings. The first-order valence-electron chi connectivity index (χ1n) is 10.8. The van der Waals surface area contributed by atoms with Crippen LogP contribution in [-0.4, -0.2) is 45.6 Å². The predicted octanol–water partition coefficient (Wildman–Crippen LogP) is 3.44. The molecule has 0 unspecified atom stereocenters. The van der Waals surface area contributed by atoms with Crippen LogP contribution in [0.4, 0.5) is 16.2 Å². The average Bonchev–Trinajstić information content (AvgIpc) is 3.31. The summed E-state index contributed by atoms with van der Waals surface area (Å²) < 4.78 is 8.42. The SMILES string of the molecule is O=C(Nc1ccccc1)[C@@H]1Cn2ccnc2C2(CCN(C(=O)Nc3ccccc3)CC2)O1. The lowest BCUT2D eigenvalue weighted by atomic mass is 9.88. The van der Waals surface area contributed by atoms with Crippen molar-refractivity contribution in [1.29, 1.82) is 0 Å². The average molecular weight is 431 g/mol. The number of likely N-dealkylation sites (tertiary alicyclic amines) is 1. The molecule has 164 valence electrons. The largest absolute Gasteiger partial charge is 0.352 e. The Morgan fingerprint density at radius 3 is 2.22 bits per heavy atom. The second-order valence-corrected chi connectivity index (χ2v) is 8.14. The van der Waals surface area contributed by atoms with Gasteiger partial charge >= 0.3 is 6.03 Å². The third-order valence-electron chi connectivity index (χ3n) is 6.07. The highest BCUT2D eigenvalue weighted by molar-refractivity contribution is 5.94. The molecule has 5 rings (SSSR count). The summed E-state index contributed by atoms with van der Waals surface area (Å²) >= 11 is 0. The summed E-state index contributed by atoms with van der Waals surface area (Å²) in [5.74, 6) is 0.642. The maximum absolute atomic E-state index is 13.0. The molecular weight excluding hydrogens is 406 g/mol. The van der Waals surface area contributed by atoms with Gasteiger partial charge in [-0.2, -0.15) is 0 Å². The van der Waals surface area contributed by atoms with Gasteiger partial charge in [0.1, 0.15) is 11.4 Å².